The number of hydrogen-bond acceptors (Lipinski definition) is 5. The number of methoxy groups -OCH3 is 1. The second kappa shape index (κ2) is 5.23. The summed E-state index contributed by atoms with van der Waals surface area (Å²) in [5.74, 6) is -1.64. The third-order valence-corrected chi connectivity index (χ3v) is 2.59. The maximum Gasteiger partial charge on any atom is 0.305 e. The molecule has 1 atom stereocenters. The van der Waals surface area contributed by atoms with Crippen LogP contribution in [0.15, 0.2) is 0 Å². The van der Waals surface area contributed by atoms with Gasteiger partial charge in [0.05, 0.1) is 26.2 Å². The van der Waals surface area contributed by atoms with Crippen LogP contribution in [0.5, 0.6) is 0 Å². The molecule has 0 radical (unpaired) electrons. The van der Waals surface area contributed by atoms with Gasteiger partial charge in [0.15, 0.2) is 5.79 Å². The molecule has 1 aliphatic rings. The van der Waals surface area contributed by atoms with E-state index in [1.807, 2.05) is 0 Å². The maximum absolute atomic E-state index is 10.9. The first kappa shape index (κ1) is 12.1. The van der Waals surface area contributed by atoms with E-state index in [0.717, 1.165) is 6.29 Å². The predicted octanol–water partition coefficient (Wildman–Crippen LogP) is 0.518. The Morgan fingerprint density at radius 3 is 2.60 bits per heavy atom. The Labute approximate surface area is 88.7 Å². The summed E-state index contributed by atoms with van der Waals surface area (Å²) in [5, 5.41) is 0. The summed E-state index contributed by atoms with van der Waals surface area (Å²) in [6.45, 7) is 2.69. The lowest BCUT2D eigenvalue weighted by Crippen LogP contribution is -2.37. The van der Waals surface area contributed by atoms with Crippen LogP contribution in [0.3, 0.4) is 0 Å². The van der Waals surface area contributed by atoms with E-state index in [1.165, 1.54) is 7.11 Å². The zero-order chi connectivity index (χ0) is 11.3. The van der Waals surface area contributed by atoms with Crippen LogP contribution < -0.4 is 0 Å². The molecule has 86 valence electrons. The molecular formula is C10H16O5. The summed E-state index contributed by atoms with van der Waals surface area (Å²) in [6, 6.07) is 0. The van der Waals surface area contributed by atoms with Gasteiger partial charge in [0.2, 0.25) is 0 Å². The van der Waals surface area contributed by atoms with Crippen molar-refractivity contribution in [2.24, 2.45) is 5.92 Å². The Balaban J connectivity index is 2.48. The lowest BCUT2D eigenvalue weighted by Gasteiger charge is -2.27. The molecule has 0 unspecified atom stereocenters. The highest BCUT2D eigenvalue weighted by Gasteiger charge is 2.39. The number of hydrogen-bond donors (Lipinski definition) is 0. The minimum absolute atomic E-state index is 0.197. The molecule has 1 rings (SSSR count). The smallest absolute Gasteiger partial charge is 0.305 e. The molecule has 1 aliphatic heterocycles. The van der Waals surface area contributed by atoms with Crippen LogP contribution in [0.1, 0.15) is 19.8 Å². The molecule has 0 aliphatic carbocycles. The van der Waals surface area contributed by atoms with Gasteiger partial charge in [-0.15, -0.1) is 0 Å². The zero-order valence-corrected chi connectivity index (χ0v) is 9.02. The van der Waals surface area contributed by atoms with E-state index >= 15 is 0 Å². The standard InChI is InChI=1S/C10H16O5/c1-10(14-5-6-15-10)8(7-11)3-4-9(12)13-2/h7-8H,3-6H2,1-2H3/t8-/m0/s1. The summed E-state index contributed by atoms with van der Waals surface area (Å²) < 4.78 is 15.2. The summed E-state index contributed by atoms with van der Waals surface area (Å²) in [7, 11) is 1.32. The molecule has 15 heavy (non-hydrogen) atoms. The van der Waals surface area contributed by atoms with Gasteiger partial charge in [0, 0.05) is 6.42 Å². The molecular weight excluding hydrogens is 200 g/mol. The van der Waals surface area contributed by atoms with Crippen molar-refractivity contribution < 1.29 is 23.8 Å². The van der Waals surface area contributed by atoms with Gasteiger partial charge < -0.3 is 19.0 Å². The van der Waals surface area contributed by atoms with Crippen LogP contribution in [-0.2, 0) is 23.8 Å². The van der Waals surface area contributed by atoms with Crippen molar-refractivity contribution in [3.63, 3.8) is 0 Å². The van der Waals surface area contributed by atoms with E-state index in [2.05, 4.69) is 4.74 Å². The summed E-state index contributed by atoms with van der Waals surface area (Å²) in [5.41, 5.74) is 0. The first-order valence-corrected chi connectivity index (χ1v) is 4.92. The van der Waals surface area contributed by atoms with Gasteiger partial charge >= 0.3 is 5.97 Å². The summed E-state index contributed by atoms with van der Waals surface area (Å²) >= 11 is 0. The number of ether oxygens (including phenoxy) is 3. The van der Waals surface area contributed by atoms with Crippen LogP contribution in [0.25, 0.3) is 0 Å². The van der Waals surface area contributed by atoms with Crippen molar-refractivity contribution in [3.05, 3.63) is 0 Å². The molecule has 1 saturated heterocycles. The molecule has 0 aromatic carbocycles. The van der Waals surface area contributed by atoms with Gasteiger partial charge in [-0.3, -0.25) is 4.79 Å². The van der Waals surface area contributed by atoms with E-state index in [1.54, 1.807) is 6.92 Å². The van der Waals surface area contributed by atoms with Crippen molar-refractivity contribution in [2.45, 2.75) is 25.6 Å². The third kappa shape index (κ3) is 3.00. The number of carbonyl (C=O) groups is 2. The predicted molar refractivity (Wildman–Crippen MR) is 51.1 cm³/mol. The number of rotatable bonds is 5. The average Bonchev–Trinajstić information content (AvgIpc) is 2.66. The monoisotopic (exact) mass is 216 g/mol. The minimum Gasteiger partial charge on any atom is -0.469 e. The topological polar surface area (TPSA) is 61.8 Å². The van der Waals surface area contributed by atoms with Gasteiger partial charge in [0.1, 0.15) is 6.29 Å². The van der Waals surface area contributed by atoms with Gasteiger partial charge in [-0.1, -0.05) is 0 Å². The number of esters is 1. The fourth-order valence-electron chi connectivity index (χ4n) is 1.57. The van der Waals surface area contributed by atoms with Crippen molar-refractivity contribution in [2.75, 3.05) is 20.3 Å². The Morgan fingerprint density at radius 2 is 2.13 bits per heavy atom. The first-order chi connectivity index (χ1) is 7.12. The fraction of sp³-hybridized carbons (Fsp3) is 0.800. The van der Waals surface area contributed by atoms with Crippen molar-refractivity contribution in [3.8, 4) is 0 Å². The van der Waals surface area contributed by atoms with Crippen LogP contribution in [0, 0.1) is 5.92 Å². The fourth-order valence-corrected chi connectivity index (χ4v) is 1.57. The maximum atomic E-state index is 10.9. The van der Waals surface area contributed by atoms with Crippen LogP contribution in [0.4, 0.5) is 0 Å². The van der Waals surface area contributed by atoms with Crippen molar-refractivity contribution in [1.29, 1.82) is 0 Å². The molecule has 0 aromatic rings. The number of carbonyl (C=O) groups excluding carboxylic acids is 2. The molecule has 1 fully saturated rings. The zero-order valence-electron chi connectivity index (χ0n) is 9.02. The SMILES string of the molecule is COC(=O)CC[C@@H](C=O)C1(C)OCCO1. The van der Waals surface area contributed by atoms with E-state index in [0.29, 0.717) is 19.6 Å². The second-order valence-corrected chi connectivity index (χ2v) is 3.57. The van der Waals surface area contributed by atoms with Gasteiger partial charge in [0.25, 0.3) is 0 Å². The Kier molecular flexibility index (Phi) is 4.23. The normalized spacial score (nSPS) is 20.9. The largest absolute Gasteiger partial charge is 0.469 e. The van der Waals surface area contributed by atoms with Gasteiger partial charge in [-0.2, -0.15) is 0 Å². The van der Waals surface area contributed by atoms with Crippen molar-refractivity contribution in [1.82, 2.24) is 0 Å². The molecule has 0 aromatic heterocycles. The quantitative estimate of drug-likeness (QED) is 0.495. The highest BCUT2D eigenvalue weighted by molar-refractivity contribution is 5.69. The lowest BCUT2D eigenvalue weighted by molar-refractivity contribution is -0.182. The molecule has 0 N–H and O–H groups in total. The Bertz CT molecular complexity index is 232. The van der Waals surface area contributed by atoms with Gasteiger partial charge in [-0.05, 0) is 13.3 Å². The minimum atomic E-state index is -0.879. The third-order valence-electron chi connectivity index (χ3n) is 2.59. The van der Waals surface area contributed by atoms with E-state index in [4.69, 9.17) is 9.47 Å². The van der Waals surface area contributed by atoms with E-state index in [-0.39, 0.29) is 12.4 Å². The molecule has 0 amide bonds. The average molecular weight is 216 g/mol. The molecule has 0 spiro atoms. The Hall–Kier alpha value is -0.940. The van der Waals surface area contributed by atoms with Crippen LogP contribution in [0.2, 0.25) is 0 Å². The lowest BCUT2D eigenvalue weighted by atomic mass is 9.96. The van der Waals surface area contributed by atoms with Crippen LogP contribution in [-0.4, -0.2) is 38.4 Å². The van der Waals surface area contributed by atoms with Gasteiger partial charge in [-0.25, -0.2) is 0 Å². The molecule has 5 heteroatoms. The summed E-state index contributed by atoms with van der Waals surface area (Å²) in [6.07, 6.45) is 1.35. The van der Waals surface area contributed by atoms with E-state index < -0.39 is 11.7 Å². The Morgan fingerprint density at radius 1 is 1.53 bits per heavy atom. The molecule has 5 nitrogen and oxygen atoms in total. The highest BCUT2D eigenvalue weighted by atomic mass is 16.7. The summed E-state index contributed by atoms with van der Waals surface area (Å²) in [4.78, 5) is 21.8. The molecule has 1 heterocycles. The highest BCUT2D eigenvalue weighted by Crippen LogP contribution is 2.29. The second-order valence-electron chi connectivity index (χ2n) is 3.57. The molecule has 0 bridgehead atoms. The van der Waals surface area contributed by atoms with E-state index in [9.17, 15) is 9.59 Å². The van der Waals surface area contributed by atoms with Crippen molar-refractivity contribution >= 4 is 12.3 Å². The van der Waals surface area contributed by atoms with Crippen LogP contribution >= 0.6 is 0 Å². The first-order valence-electron chi connectivity index (χ1n) is 4.92. The number of aldehydes is 1. The molecule has 0 saturated carbocycles.